The molecule has 0 fully saturated rings. The zero-order valence-electron chi connectivity index (χ0n) is 15.0. The third kappa shape index (κ3) is 4.18. The van der Waals surface area contributed by atoms with Crippen molar-refractivity contribution in [1.29, 1.82) is 0 Å². The molecule has 0 radical (unpaired) electrons. The van der Waals surface area contributed by atoms with Crippen molar-refractivity contribution in [1.82, 2.24) is 9.80 Å². The van der Waals surface area contributed by atoms with Gasteiger partial charge in [0.15, 0.2) is 11.2 Å². The standard InChI is InChI=1S/C21H22N2O3/c1-22(2)12-13-23(15-16-8-4-3-5-9-16)21(25)20-14-18(24)17-10-6-7-11-19(17)26-20/h3-11,14H,12-13,15H2,1-2H3. The van der Waals surface area contributed by atoms with E-state index >= 15 is 0 Å². The Morgan fingerprint density at radius 3 is 2.38 bits per heavy atom. The van der Waals surface area contributed by atoms with Crippen LogP contribution in [-0.4, -0.2) is 42.9 Å². The summed E-state index contributed by atoms with van der Waals surface area (Å²) in [6, 6.07) is 18.0. The summed E-state index contributed by atoms with van der Waals surface area (Å²) in [7, 11) is 3.92. The number of amides is 1. The molecule has 1 aromatic heterocycles. The van der Waals surface area contributed by atoms with Gasteiger partial charge < -0.3 is 14.2 Å². The molecule has 3 rings (SSSR count). The van der Waals surface area contributed by atoms with Crippen LogP contribution in [0.4, 0.5) is 0 Å². The van der Waals surface area contributed by atoms with Crippen LogP contribution in [-0.2, 0) is 6.54 Å². The van der Waals surface area contributed by atoms with E-state index in [-0.39, 0.29) is 17.1 Å². The van der Waals surface area contributed by atoms with Crippen molar-refractivity contribution in [2.75, 3.05) is 27.2 Å². The predicted octanol–water partition coefficient (Wildman–Crippen LogP) is 3.00. The van der Waals surface area contributed by atoms with Gasteiger partial charge in [0.25, 0.3) is 5.91 Å². The molecule has 26 heavy (non-hydrogen) atoms. The van der Waals surface area contributed by atoms with E-state index in [9.17, 15) is 9.59 Å². The summed E-state index contributed by atoms with van der Waals surface area (Å²) in [6.45, 7) is 1.72. The Morgan fingerprint density at radius 1 is 0.962 bits per heavy atom. The molecule has 3 aromatic rings. The van der Waals surface area contributed by atoms with Crippen molar-refractivity contribution >= 4 is 16.9 Å². The van der Waals surface area contributed by atoms with Gasteiger partial charge in [0, 0.05) is 25.7 Å². The number of hydrogen-bond acceptors (Lipinski definition) is 4. The second-order valence-electron chi connectivity index (χ2n) is 6.49. The lowest BCUT2D eigenvalue weighted by molar-refractivity contribution is 0.0700. The molecule has 0 aliphatic carbocycles. The molecule has 0 aliphatic heterocycles. The fourth-order valence-corrected chi connectivity index (χ4v) is 2.74. The van der Waals surface area contributed by atoms with Gasteiger partial charge in [-0.2, -0.15) is 0 Å². The van der Waals surface area contributed by atoms with Crippen LogP contribution in [0.15, 0.2) is 69.9 Å². The van der Waals surface area contributed by atoms with E-state index in [4.69, 9.17) is 4.42 Å². The molecular weight excluding hydrogens is 328 g/mol. The molecule has 1 heterocycles. The summed E-state index contributed by atoms with van der Waals surface area (Å²) in [5.74, 6) is -0.207. The highest BCUT2D eigenvalue weighted by Crippen LogP contribution is 2.15. The highest BCUT2D eigenvalue weighted by Gasteiger charge is 2.20. The van der Waals surface area contributed by atoms with Gasteiger partial charge in [-0.3, -0.25) is 9.59 Å². The van der Waals surface area contributed by atoms with E-state index in [1.54, 1.807) is 29.2 Å². The number of likely N-dealkylation sites (N-methyl/N-ethyl adjacent to an activating group) is 1. The highest BCUT2D eigenvalue weighted by molar-refractivity contribution is 5.93. The Balaban J connectivity index is 1.92. The van der Waals surface area contributed by atoms with Crippen LogP contribution in [0.3, 0.4) is 0 Å². The lowest BCUT2D eigenvalue weighted by Gasteiger charge is -2.24. The fourth-order valence-electron chi connectivity index (χ4n) is 2.74. The van der Waals surface area contributed by atoms with Crippen molar-refractivity contribution in [3.8, 4) is 0 Å². The highest BCUT2D eigenvalue weighted by atomic mass is 16.3. The van der Waals surface area contributed by atoms with Crippen molar-refractivity contribution in [2.45, 2.75) is 6.54 Å². The first-order valence-electron chi connectivity index (χ1n) is 8.55. The van der Waals surface area contributed by atoms with E-state index in [1.165, 1.54) is 6.07 Å². The van der Waals surface area contributed by atoms with Gasteiger partial charge in [-0.15, -0.1) is 0 Å². The topological polar surface area (TPSA) is 53.8 Å². The smallest absolute Gasteiger partial charge is 0.290 e. The lowest BCUT2D eigenvalue weighted by atomic mass is 10.2. The Labute approximate surface area is 152 Å². The minimum absolute atomic E-state index is 0.0726. The molecule has 0 N–H and O–H groups in total. The molecule has 1 amide bonds. The predicted molar refractivity (Wildman–Crippen MR) is 102 cm³/mol. The Bertz CT molecular complexity index is 948. The summed E-state index contributed by atoms with van der Waals surface area (Å²) in [4.78, 5) is 29.1. The van der Waals surface area contributed by atoms with Gasteiger partial charge in [-0.25, -0.2) is 0 Å². The Kier molecular flexibility index (Phi) is 5.49. The fraction of sp³-hybridized carbons (Fsp3) is 0.238. The Hall–Kier alpha value is -2.92. The Morgan fingerprint density at radius 2 is 1.65 bits per heavy atom. The van der Waals surface area contributed by atoms with E-state index in [2.05, 4.69) is 0 Å². The third-order valence-electron chi connectivity index (χ3n) is 4.17. The van der Waals surface area contributed by atoms with Crippen molar-refractivity contribution < 1.29 is 9.21 Å². The molecule has 2 aromatic carbocycles. The van der Waals surface area contributed by atoms with Gasteiger partial charge in [-0.1, -0.05) is 42.5 Å². The summed E-state index contributed by atoms with van der Waals surface area (Å²) >= 11 is 0. The minimum Gasteiger partial charge on any atom is -0.451 e. The first-order valence-corrected chi connectivity index (χ1v) is 8.55. The van der Waals surface area contributed by atoms with Crippen LogP contribution in [0, 0.1) is 0 Å². The summed E-state index contributed by atoms with van der Waals surface area (Å²) in [5.41, 5.74) is 1.25. The van der Waals surface area contributed by atoms with Crippen LogP contribution in [0.2, 0.25) is 0 Å². The minimum atomic E-state index is -0.279. The van der Waals surface area contributed by atoms with Gasteiger partial charge in [0.2, 0.25) is 0 Å². The maximum absolute atomic E-state index is 13.0. The molecule has 0 atom stereocenters. The van der Waals surface area contributed by atoms with Gasteiger partial charge in [-0.05, 0) is 31.8 Å². The molecule has 0 unspecified atom stereocenters. The molecule has 0 spiro atoms. The number of carbonyl (C=O) groups excluding carboxylic acids is 1. The van der Waals surface area contributed by atoms with E-state index < -0.39 is 0 Å². The molecule has 5 nitrogen and oxygen atoms in total. The molecule has 0 aliphatic rings. The lowest BCUT2D eigenvalue weighted by Crippen LogP contribution is -2.36. The zero-order valence-corrected chi connectivity index (χ0v) is 15.0. The SMILES string of the molecule is CN(C)CCN(Cc1ccccc1)C(=O)c1cc(=O)c2ccccc2o1. The normalized spacial score (nSPS) is 11.0. The van der Waals surface area contributed by atoms with Crippen molar-refractivity contribution in [3.05, 3.63) is 82.2 Å². The first-order chi connectivity index (χ1) is 12.5. The number of fused-ring (bicyclic) bond motifs is 1. The van der Waals surface area contributed by atoms with Crippen LogP contribution < -0.4 is 5.43 Å². The number of benzene rings is 2. The van der Waals surface area contributed by atoms with E-state index in [1.807, 2.05) is 49.3 Å². The average Bonchev–Trinajstić information content (AvgIpc) is 2.65. The number of para-hydroxylation sites is 1. The molecule has 0 bridgehead atoms. The van der Waals surface area contributed by atoms with Gasteiger partial charge in [0.05, 0.1) is 5.39 Å². The van der Waals surface area contributed by atoms with Crippen LogP contribution in [0.1, 0.15) is 16.1 Å². The van der Waals surface area contributed by atoms with Crippen molar-refractivity contribution in [3.63, 3.8) is 0 Å². The maximum atomic E-state index is 13.0. The molecule has 5 heteroatoms. The first kappa shape index (κ1) is 17.9. The summed E-state index contributed by atoms with van der Waals surface area (Å²) < 4.78 is 5.73. The van der Waals surface area contributed by atoms with Crippen LogP contribution in [0.25, 0.3) is 11.0 Å². The van der Waals surface area contributed by atoms with Crippen LogP contribution in [0.5, 0.6) is 0 Å². The molecule has 0 saturated carbocycles. The average molecular weight is 350 g/mol. The van der Waals surface area contributed by atoms with Crippen molar-refractivity contribution in [2.24, 2.45) is 0 Å². The largest absolute Gasteiger partial charge is 0.451 e. The third-order valence-corrected chi connectivity index (χ3v) is 4.17. The number of rotatable bonds is 6. The number of hydrogen-bond donors (Lipinski definition) is 0. The molecular formula is C21H22N2O3. The quantitative estimate of drug-likeness (QED) is 0.686. The monoisotopic (exact) mass is 350 g/mol. The van der Waals surface area contributed by atoms with Gasteiger partial charge >= 0.3 is 0 Å². The summed E-state index contributed by atoms with van der Waals surface area (Å²) in [6.07, 6.45) is 0. The van der Waals surface area contributed by atoms with Gasteiger partial charge in [0.1, 0.15) is 5.58 Å². The number of carbonyl (C=O) groups is 1. The van der Waals surface area contributed by atoms with Crippen LogP contribution >= 0.6 is 0 Å². The molecule has 134 valence electrons. The number of nitrogens with zero attached hydrogens (tertiary/aromatic N) is 2. The van der Waals surface area contributed by atoms with E-state index in [0.717, 1.165) is 12.1 Å². The van der Waals surface area contributed by atoms with E-state index in [0.29, 0.717) is 24.1 Å². The second kappa shape index (κ2) is 7.97. The zero-order chi connectivity index (χ0) is 18.5. The maximum Gasteiger partial charge on any atom is 0.290 e. The molecule has 0 saturated heterocycles. The second-order valence-corrected chi connectivity index (χ2v) is 6.49. The summed E-state index contributed by atoms with van der Waals surface area (Å²) in [5, 5.41) is 0.479.